The van der Waals surface area contributed by atoms with Gasteiger partial charge in [-0.1, -0.05) is 62.7 Å². The molecule has 1 aromatic rings. The SMILES string of the molecule is CCCCC(=O)OCCNC(=O)Oc1ccc(NC(=O)C2(C)CCCCC2)c(Cl)c1Cl. The summed E-state index contributed by atoms with van der Waals surface area (Å²) < 4.78 is 10.2. The maximum atomic E-state index is 12.7. The van der Waals surface area contributed by atoms with Crippen LogP contribution >= 0.6 is 23.2 Å². The van der Waals surface area contributed by atoms with Gasteiger partial charge in [0.05, 0.1) is 17.3 Å². The second-order valence-corrected chi connectivity index (χ2v) is 8.71. The van der Waals surface area contributed by atoms with Crippen LogP contribution in [0, 0.1) is 5.41 Å². The van der Waals surface area contributed by atoms with Crippen molar-refractivity contribution in [2.24, 2.45) is 5.41 Å². The van der Waals surface area contributed by atoms with Crippen molar-refractivity contribution in [2.45, 2.75) is 65.2 Å². The highest BCUT2D eigenvalue weighted by Gasteiger charge is 2.35. The number of amides is 2. The van der Waals surface area contributed by atoms with Crippen LogP contribution in [0.1, 0.15) is 65.2 Å². The molecule has 7 nitrogen and oxygen atoms in total. The van der Waals surface area contributed by atoms with E-state index in [9.17, 15) is 14.4 Å². The summed E-state index contributed by atoms with van der Waals surface area (Å²) in [5, 5.41) is 5.45. The highest BCUT2D eigenvalue weighted by Crippen LogP contribution is 2.40. The molecule has 0 bridgehead atoms. The average molecular weight is 473 g/mol. The lowest BCUT2D eigenvalue weighted by Gasteiger charge is -2.32. The molecular formula is C22H30Cl2N2O5. The van der Waals surface area contributed by atoms with E-state index in [0.717, 1.165) is 44.9 Å². The molecule has 1 saturated carbocycles. The van der Waals surface area contributed by atoms with Crippen LogP contribution in [-0.2, 0) is 14.3 Å². The van der Waals surface area contributed by atoms with Crippen molar-refractivity contribution in [1.29, 1.82) is 0 Å². The summed E-state index contributed by atoms with van der Waals surface area (Å²) in [6.45, 7) is 4.10. The summed E-state index contributed by atoms with van der Waals surface area (Å²) in [6.07, 6.45) is 6.14. The molecule has 2 rings (SSSR count). The van der Waals surface area contributed by atoms with E-state index in [1.165, 1.54) is 6.07 Å². The zero-order chi connectivity index (χ0) is 22.9. The third kappa shape index (κ3) is 7.58. The van der Waals surface area contributed by atoms with Crippen molar-refractivity contribution in [3.63, 3.8) is 0 Å². The first-order valence-electron chi connectivity index (χ1n) is 10.7. The third-order valence-corrected chi connectivity index (χ3v) is 6.24. The van der Waals surface area contributed by atoms with Gasteiger partial charge in [-0.15, -0.1) is 0 Å². The van der Waals surface area contributed by atoms with Crippen LogP contribution in [0.25, 0.3) is 0 Å². The predicted molar refractivity (Wildman–Crippen MR) is 121 cm³/mol. The van der Waals surface area contributed by atoms with Crippen molar-refractivity contribution in [1.82, 2.24) is 5.32 Å². The fourth-order valence-electron chi connectivity index (χ4n) is 3.39. The topological polar surface area (TPSA) is 93.7 Å². The Balaban J connectivity index is 1.86. The molecular weight excluding hydrogens is 443 g/mol. The molecule has 0 unspecified atom stereocenters. The minimum absolute atomic E-state index is 0.0226. The molecule has 2 N–H and O–H groups in total. The molecule has 0 saturated heterocycles. The molecule has 0 radical (unpaired) electrons. The van der Waals surface area contributed by atoms with Gasteiger partial charge in [0.2, 0.25) is 5.91 Å². The van der Waals surface area contributed by atoms with E-state index < -0.39 is 11.5 Å². The van der Waals surface area contributed by atoms with E-state index in [1.807, 2.05) is 13.8 Å². The second kappa shape index (κ2) is 12.2. The molecule has 172 valence electrons. The van der Waals surface area contributed by atoms with E-state index in [4.69, 9.17) is 32.7 Å². The molecule has 1 aromatic carbocycles. The largest absolute Gasteiger partial charge is 0.464 e. The molecule has 1 fully saturated rings. The van der Waals surface area contributed by atoms with Gasteiger partial charge in [0.15, 0.2) is 5.75 Å². The summed E-state index contributed by atoms with van der Waals surface area (Å²) in [5.41, 5.74) is -0.0569. The smallest absolute Gasteiger partial charge is 0.412 e. The van der Waals surface area contributed by atoms with Crippen LogP contribution < -0.4 is 15.4 Å². The Hall–Kier alpha value is -1.99. The Morgan fingerprint density at radius 3 is 2.48 bits per heavy atom. The molecule has 0 aliphatic heterocycles. The molecule has 0 spiro atoms. The van der Waals surface area contributed by atoms with Crippen molar-refractivity contribution in [3.05, 3.63) is 22.2 Å². The van der Waals surface area contributed by atoms with E-state index in [-0.39, 0.29) is 40.8 Å². The summed E-state index contributed by atoms with van der Waals surface area (Å²) in [7, 11) is 0. The van der Waals surface area contributed by atoms with Crippen LogP contribution in [0.3, 0.4) is 0 Å². The van der Waals surface area contributed by atoms with Crippen molar-refractivity contribution in [2.75, 3.05) is 18.5 Å². The highest BCUT2D eigenvalue weighted by molar-refractivity contribution is 6.45. The lowest BCUT2D eigenvalue weighted by atomic mass is 9.75. The van der Waals surface area contributed by atoms with E-state index in [1.54, 1.807) is 6.07 Å². The lowest BCUT2D eigenvalue weighted by Crippen LogP contribution is -2.35. The maximum Gasteiger partial charge on any atom is 0.412 e. The Bertz CT molecular complexity index is 794. The minimum Gasteiger partial charge on any atom is -0.464 e. The number of unbranched alkanes of at least 4 members (excludes halogenated alkanes) is 1. The van der Waals surface area contributed by atoms with Gasteiger partial charge in [-0.3, -0.25) is 9.59 Å². The van der Waals surface area contributed by atoms with Crippen LogP contribution in [0.15, 0.2) is 12.1 Å². The number of hydrogen-bond donors (Lipinski definition) is 2. The molecule has 31 heavy (non-hydrogen) atoms. The molecule has 0 heterocycles. The van der Waals surface area contributed by atoms with E-state index >= 15 is 0 Å². The van der Waals surface area contributed by atoms with Gasteiger partial charge in [0.1, 0.15) is 11.6 Å². The molecule has 1 aliphatic rings. The Morgan fingerprint density at radius 2 is 1.81 bits per heavy atom. The number of halogens is 2. The molecule has 2 amide bonds. The van der Waals surface area contributed by atoms with E-state index in [0.29, 0.717) is 12.1 Å². The Morgan fingerprint density at radius 1 is 1.10 bits per heavy atom. The number of hydrogen-bond acceptors (Lipinski definition) is 5. The van der Waals surface area contributed by atoms with Crippen molar-refractivity contribution < 1.29 is 23.9 Å². The van der Waals surface area contributed by atoms with Crippen LogP contribution in [0.5, 0.6) is 5.75 Å². The van der Waals surface area contributed by atoms with Gasteiger partial charge >= 0.3 is 12.1 Å². The summed E-state index contributed by atoms with van der Waals surface area (Å²) in [4.78, 5) is 36.1. The zero-order valence-corrected chi connectivity index (χ0v) is 19.5. The zero-order valence-electron chi connectivity index (χ0n) is 18.0. The van der Waals surface area contributed by atoms with Crippen molar-refractivity contribution in [3.8, 4) is 5.75 Å². The Labute approximate surface area is 193 Å². The minimum atomic E-state index is -0.755. The number of esters is 1. The lowest BCUT2D eigenvalue weighted by molar-refractivity contribution is -0.143. The highest BCUT2D eigenvalue weighted by atomic mass is 35.5. The standard InChI is InChI=1S/C22H30Cl2N2O5/c1-3-4-8-17(27)30-14-13-25-21(29)31-16-10-9-15(18(23)19(16)24)26-20(28)22(2)11-6-5-7-12-22/h9-10H,3-8,11-14H2,1-2H3,(H,25,29)(H,26,28). The number of rotatable bonds is 9. The first-order chi connectivity index (χ1) is 14.8. The monoisotopic (exact) mass is 472 g/mol. The quantitative estimate of drug-likeness (QED) is 0.353. The summed E-state index contributed by atoms with van der Waals surface area (Å²) in [5.74, 6) is -0.331. The average Bonchev–Trinajstić information content (AvgIpc) is 2.75. The fraction of sp³-hybridized carbons (Fsp3) is 0.591. The van der Waals surface area contributed by atoms with Gasteiger partial charge in [-0.25, -0.2) is 4.79 Å². The number of carbonyl (C=O) groups is 3. The number of anilines is 1. The summed E-state index contributed by atoms with van der Waals surface area (Å²) >= 11 is 12.5. The van der Waals surface area contributed by atoms with Gasteiger partial charge in [-0.2, -0.15) is 0 Å². The van der Waals surface area contributed by atoms with Crippen LogP contribution in [-0.4, -0.2) is 31.1 Å². The fourth-order valence-corrected chi connectivity index (χ4v) is 3.79. The molecule has 0 aromatic heterocycles. The van der Waals surface area contributed by atoms with Gasteiger partial charge < -0.3 is 20.1 Å². The number of ether oxygens (including phenoxy) is 2. The molecule has 1 aliphatic carbocycles. The van der Waals surface area contributed by atoms with Gasteiger partial charge in [-0.05, 0) is 31.4 Å². The molecule has 9 heteroatoms. The predicted octanol–water partition coefficient (Wildman–Crippen LogP) is 5.72. The van der Waals surface area contributed by atoms with Crippen LogP contribution in [0.4, 0.5) is 10.5 Å². The molecule has 0 atom stereocenters. The normalized spacial score (nSPS) is 15.1. The van der Waals surface area contributed by atoms with E-state index in [2.05, 4.69) is 10.6 Å². The number of carbonyl (C=O) groups excluding carboxylic acids is 3. The Kier molecular flexibility index (Phi) is 9.91. The van der Waals surface area contributed by atoms with Crippen molar-refractivity contribution >= 4 is 46.9 Å². The van der Waals surface area contributed by atoms with Gasteiger partial charge in [0.25, 0.3) is 0 Å². The summed E-state index contributed by atoms with van der Waals surface area (Å²) in [6, 6.07) is 3.02. The number of benzene rings is 1. The number of nitrogens with one attached hydrogen (secondary N) is 2. The van der Waals surface area contributed by atoms with Gasteiger partial charge in [0, 0.05) is 11.8 Å². The first-order valence-corrected chi connectivity index (χ1v) is 11.4. The second-order valence-electron chi connectivity index (χ2n) is 7.95. The first kappa shape index (κ1) is 25.3. The third-order valence-electron chi connectivity index (χ3n) is 5.37. The maximum absolute atomic E-state index is 12.7. The van der Waals surface area contributed by atoms with Crippen LogP contribution in [0.2, 0.25) is 10.0 Å².